The number of halogens is 2. The summed E-state index contributed by atoms with van der Waals surface area (Å²) in [5.74, 6) is -1.79. The van der Waals surface area contributed by atoms with Gasteiger partial charge in [0.15, 0.2) is 0 Å². The molecule has 0 spiro atoms. The molecule has 0 amide bonds. The van der Waals surface area contributed by atoms with Crippen LogP contribution in [0.2, 0.25) is 5.02 Å². The van der Waals surface area contributed by atoms with Gasteiger partial charge in [-0.1, -0.05) is 11.6 Å². The first kappa shape index (κ1) is 13.1. The molecule has 0 saturated carbocycles. The number of benzene rings is 2. The van der Waals surface area contributed by atoms with Crippen LogP contribution in [0.3, 0.4) is 0 Å². The molecule has 0 bridgehead atoms. The number of rotatable bonds is 2. The highest BCUT2D eigenvalue weighted by atomic mass is 35.5. The van der Waals surface area contributed by atoms with Gasteiger partial charge in [0.2, 0.25) is 0 Å². The Labute approximate surface area is 113 Å². The van der Waals surface area contributed by atoms with Crippen molar-refractivity contribution in [2.75, 3.05) is 0 Å². The Hall–Kier alpha value is -2.38. The summed E-state index contributed by atoms with van der Waals surface area (Å²) in [4.78, 5) is 11.1. The molecule has 0 saturated heterocycles. The molecule has 0 aliphatic rings. The zero-order valence-corrected chi connectivity index (χ0v) is 10.3. The maximum Gasteiger partial charge on any atom is 0.336 e. The molecule has 5 heteroatoms. The Kier molecular flexibility index (Phi) is 3.50. The smallest absolute Gasteiger partial charge is 0.336 e. The number of carboxylic acids is 1. The molecule has 0 aliphatic heterocycles. The van der Waals surface area contributed by atoms with Crippen LogP contribution in [0.15, 0.2) is 36.4 Å². The van der Waals surface area contributed by atoms with Gasteiger partial charge in [-0.15, -0.1) is 0 Å². The molecule has 19 heavy (non-hydrogen) atoms. The molecule has 3 nitrogen and oxygen atoms in total. The summed E-state index contributed by atoms with van der Waals surface area (Å²) in [5, 5.41) is 18.2. The first-order chi connectivity index (χ1) is 9.02. The van der Waals surface area contributed by atoms with Gasteiger partial charge >= 0.3 is 5.97 Å². The molecule has 0 fully saturated rings. The van der Waals surface area contributed by atoms with Crippen molar-refractivity contribution in [1.82, 2.24) is 0 Å². The second-order valence-corrected chi connectivity index (χ2v) is 4.24. The van der Waals surface area contributed by atoms with Crippen molar-refractivity contribution in [3.63, 3.8) is 0 Å². The molecule has 1 N–H and O–H groups in total. The van der Waals surface area contributed by atoms with Gasteiger partial charge in [-0.25, -0.2) is 9.18 Å². The summed E-state index contributed by atoms with van der Waals surface area (Å²) in [7, 11) is 0. The third-order valence-corrected chi connectivity index (χ3v) is 2.83. The van der Waals surface area contributed by atoms with E-state index >= 15 is 0 Å². The fourth-order valence-corrected chi connectivity index (χ4v) is 1.90. The van der Waals surface area contributed by atoms with Crippen LogP contribution in [0.1, 0.15) is 15.9 Å². The van der Waals surface area contributed by atoms with Crippen LogP contribution in [0.4, 0.5) is 4.39 Å². The number of nitriles is 1. The number of hydrogen-bond donors (Lipinski definition) is 1. The van der Waals surface area contributed by atoms with E-state index < -0.39 is 11.8 Å². The van der Waals surface area contributed by atoms with Crippen molar-refractivity contribution in [2.24, 2.45) is 0 Å². The zero-order chi connectivity index (χ0) is 14.0. The van der Waals surface area contributed by atoms with Crippen LogP contribution in [-0.2, 0) is 0 Å². The van der Waals surface area contributed by atoms with E-state index in [0.29, 0.717) is 5.02 Å². The summed E-state index contributed by atoms with van der Waals surface area (Å²) < 4.78 is 13.8. The van der Waals surface area contributed by atoms with Gasteiger partial charge in [0.1, 0.15) is 5.82 Å². The third-order valence-electron chi connectivity index (χ3n) is 2.60. The monoisotopic (exact) mass is 275 g/mol. The van der Waals surface area contributed by atoms with Gasteiger partial charge in [-0.05, 0) is 36.4 Å². The predicted molar refractivity (Wildman–Crippen MR) is 68.5 cm³/mol. The fourth-order valence-electron chi connectivity index (χ4n) is 1.73. The van der Waals surface area contributed by atoms with Gasteiger partial charge in [-0.3, -0.25) is 0 Å². The summed E-state index contributed by atoms with van der Waals surface area (Å²) in [6, 6.07) is 9.72. The van der Waals surface area contributed by atoms with Gasteiger partial charge < -0.3 is 5.11 Å². The maximum absolute atomic E-state index is 13.8. The summed E-state index contributed by atoms with van der Waals surface area (Å²) >= 11 is 5.82. The van der Waals surface area contributed by atoms with Gasteiger partial charge in [0.05, 0.1) is 17.2 Å². The molecule has 94 valence electrons. The maximum atomic E-state index is 13.8. The second-order valence-electron chi connectivity index (χ2n) is 3.80. The highest BCUT2D eigenvalue weighted by molar-refractivity contribution is 6.31. The molecule has 0 heterocycles. The van der Waals surface area contributed by atoms with Crippen molar-refractivity contribution in [3.8, 4) is 17.2 Å². The lowest BCUT2D eigenvalue weighted by atomic mass is 9.98. The lowest BCUT2D eigenvalue weighted by Crippen LogP contribution is -2.00. The molecular weight excluding hydrogens is 269 g/mol. The van der Waals surface area contributed by atoms with Gasteiger partial charge in [0, 0.05) is 16.1 Å². The van der Waals surface area contributed by atoms with E-state index in [4.69, 9.17) is 22.0 Å². The molecule has 2 rings (SSSR count). The number of hydrogen-bond acceptors (Lipinski definition) is 2. The van der Waals surface area contributed by atoms with Crippen molar-refractivity contribution in [3.05, 3.63) is 58.4 Å². The fraction of sp³-hybridized carbons (Fsp3) is 0. The average molecular weight is 276 g/mol. The normalized spacial score (nSPS) is 9.95. The molecule has 0 unspecified atom stereocenters. The summed E-state index contributed by atoms with van der Waals surface area (Å²) in [6.07, 6.45) is 0. The topological polar surface area (TPSA) is 61.1 Å². The van der Waals surface area contributed by atoms with E-state index in [1.165, 1.54) is 30.3 Å². The van der Waals surface area contributed by atoms with Crippen molar-refractivity contribution < 1.29 is 14.3 Å². The van der Waals surface area contributed by atoms with E-state index in [0.717, 1.165) is 6.07 Å². The van der Waals surface area contributed by atoms with Crippen molar-refractivity contribution >= 4 is 17.6 Å². The van der Waals surface area contributed by atoms with Crippen LogP contribution >= 0.6 is 11.6 Å². The third kappa shape index (κ3) is 2.56. The van der Waals surface area contributed by atoms with Crippen molar-refractivity contribution in [1.29, 1.82) is 5.26 Å². The second kappa shape index (κ2) is 5.09. The Balaban J connectivity index is 2.74. The van der Waals surface area contributed by atoms with E-state index in [9.17, 15) is 9.18 Å². The highest BCUT2D eigenvalue weighted by Crippen LogP contribution is 2.30. The highest BCUT2D eigenvalue weighted by Gasteiger charge is 2.15. The first-order valence-corrected chi connectivity index (χ1v) is 5.63. The zero-order valence-electron chi connectivity index (χ0n) is 9.52. The number of aromatic carboxylic acids is 1. The van der Waals surface area contributed by atoms with Gasteiger partial charge in [0.25, 0.3) is 0 Å². The Morgan fingerprint density at radius 2 is 1.95 bits per heavy atom. The molecule has 2 aromatic rings. The quantitative estimate of drug-likeness (QED) is 0.909. The van der Waals surface area contributed by atoms with Crippen LogP contribution in [-0.4, -0.2) is 11.1 Å². The SMILES string of the molecule is N#Cc1ccc(F)c(-c2cc(Cl)ccc2C(=O)O)c1. The minimum absolute atomic E-state index is 0.0407. The standard InChI is InChI=1S/C14H7ClFNO2/c15-9-2-3-10(14(18)19)11(6-9)12-5-8(7-17)1-4-13(12)16/h1-6H,(H,18,19). The number of carboxylic acid groups (broad SMARTS) is 1. The molecule has 0 aliphatic carbocycles. The van der Waals surface area contributed by atoms with E-state index in [1.54, 1.807) is 0 Å². The van der Waals surface area contributed by atoms with Crippen LogP contribution in [0, 0.1) is 17.1 Å². The minimum Gasteiger partial charge on any atom is -0.478 e. The van der Waals surface area contributed by atoms with E-state index in [1.807, 2.05) is 6.07 Å². The lowest BCUT2D eigenvalue weighted by Gasteiger charge is -2.08. The predicted octanol–water partition coefficient (Wildman–Crippen LogP) is 3.72. The molecule has 2 aromatic carbocycles. The van der Waals surface area contributed by atoms with Crippen molar-refractivity contribution in [2.45, 2.75) is 0 Å². The molecule has 0 aromatic heterocycles. The van der Waals surface area contributed by atoms with Gasteiger partial charge in [-0.2, -0.15) is 5.26 Å². The lowest BCUT2D eigenvalue weighted by molar-refractivity contribution is 0.0697. The van der Waals surface area contributed by atoms with E-state index in [-0.39, 0.29) is 22.3 Å². The first-order valence-electron chi connectivity index (χ1n) is 5.26. The van der Waals surface area contributed by atoms with E-state index in [2.05, 4.69) is 0 Å². The Morgan fingerprint density at radius 1 is 1.21 bits per heavy atom. The largest absolute Gasteiger partial charge is 0.478 e. The minimum atomic E-state index is -1.19. The van der Waals surface area contributed by atoms with Crippen LogP contribution < -0.4 is 0 Å². The molecular formula is C14H7ClFNO2. The summed E-state index contributed by atoms with van der Waals surface area (Å²) in [5.41, 5.74) is 0.361. The number of carbonyl (C=O) groups is 1. The molecule has 0 radical (unpaired) electrons. The Bertz CT molecular complexity index is 707. The molecule has 0 atom stereocenters. The Morgan fingerprint density at radius 3 is 2.58 bits per heavy atom. The average Bonchev–Trinajstić information content (AvgIpc) is 2.38. The van der Waals surface area contributed by atoms with Crippen LogP contribution in [0.25, 0.3) is 11.1 Å². The number of nitrogens with zero attached hydrogens (tertiary/aromatic N) is 1. The summed E-state index contributed by atoms with van der Waals surface area (Å²) in [6.45, 7) is 0. The van der Waals surface area contributed by atoms with Crippen LogP contribution in [0.5, 0.6) is 0 Å².